The molecule has 0 aliphatic carbocycles. The number of aromatic nitrogens is 1. The molecule has 0 radical (unpaired) electrons. The number of hydrogen-bond donors (Lipinski definition) is 1. The zero-order chi connectivity index (χ0) is 11.2. The third kappa shape index (κ3) is 2.47. The first kappa shape index (κ1) is 10.8. The van der Waals surface area contributed by atoms with Gasteiger partial charge in [-0.3, -0.25) is 4.98 Å². The second kappa shape index (κ2) is 5.42. The number of benzene rings is 1. The van der Waals surface area contributed by atoms with Crippen LogP contribution in [0.1, 0.15) is 12.0 Å². The summed E-state index contributed by atoms with van der Waals surface area (Å²) in [7, 11) is 0. The first-order valence-corrected chi connectivity index (χ1v) is 5.56. The third-order valence-corrected chi connectivity index (χ3v) is 2.58. The van der Waals surface area contributed by atoms with Gasteiger partial charge < -0.3 is 5.32 Å². The summed E-state index contributed by atoms with van der Waals surface area (Å²) in [6.45, 7) is 5.56. The van der Waals surface area contributed by atoms with Crippen LogP contribution in [0.5, 0.6) is 0 Å². The van der Waals surface area contributed by atoms with Crippen molar-refractivity contribution in [3.05, 3.63) is 54.7 Å². The van der Waals surface area contributed by atoms with Crippen LogP contribution in [-0.2, 0) is 6.54 Å². The van der Waals surface area contributed by atoms with Crippen molar-refractivity contribution in [2.24, 2.45) is 0 Å². The normalized spacial score (nSPS) is 10.5. The fourth-order valence-corrected chi connectivity index (χ4v) is 1.74. The van der Waals surface area contributed by atoms with E-state index in [0.29, 0.717) is 0 Å². The fraction of sp³-hybridized carbons (Fsp3) is 0.214. The molecule has 0 fully saturated rings. The van der Waals surface area contributed by atoms with Crippen molar-refractivity contribution in [1.82, 2.24) is 10.3 Å². The van der Waals surface area contributed by atoms with Gasteiger partial charge in [0.1, 0.15) is 0 Å². The molecule has 2 nitrogen and oxygen atoms in total. The minimum Gasteiger partial charge on any atom is -0.312 e. The molecule has 0 saturated carbocycles. The second-order valence-corrected chi connectivity index (χ2v) is 3.74. The Morgan fingerprint density at radius 1 is 1.25 bits per heavy atom. The van der Waals surface area contributed by atoms with Gasteiger partial charge in [-0.05, 0) is 30.7 Å². The molecular formula is C14H16N2. The number of pyridine rings is 1. The van der Waals surface area contributed by atoms with E-state index in [2.05, 4.69) is 35.1 Å². The molecule has 82 valence electrons. The summed E-state index contributed by atoms with van der Waals surface area (Å²) in [6, 6.07) is 10.3. The topological polar surface area (TPSA) is 24.9 Å². The summed E-state index contributed by atoms with van der Waals surface area (Å²) in [5.41, 5.74) is 2.36. The summed E-state index contributed by atoms with van der Waals surface area (Å²) in [6.07, 6.45) is 4.80. The minimum atomic E-state index is 0.886. The first-order valence-electron chi connectivity index (χ1n) is 5.56. The van der Waals surface area contributed by atoms with Gasteiger partial charge in [-0.15, -0.1) is 6.58 Å². The maximum absolute atomic E-state index is 4.34. The van der Waals surface area contributed by atoms with E-state index < -0.39 is 0 Å². The highest BCUT2D eigenvalue weighted by Gasteiger charge is 1.99. The summed E-state index contributed by atoms with van der Waals surface area (Å²) >= 11 is 0. The predicted molar refractivity (Wildman–Crippen MR) is 68.3 cm³/mol. The molecule has 2 heteroatoms. The number of fused-ring (bicyclic) bond motifs is 1. The molecule has 0 amide bonds. The van der Waals surface area contributed by atoms with E-state index in [9.17, 15) is 0 Å². The molecular weight excluding hydrogens is 196 g/mol. The maximum atomic E-state index is 4.34. The van der Waals surface area contributed by atoms with Crippen LogP contribution in [0, 0.1) is 0 Å². The summed E-state index contributed by atoms with van der Waals surface area (Å²) in [5.74, 6) is 0. The van der Waals surface area contributed by atoms with Crippen molar-refractivity contribution in [1.29, 1.82) is 0 Å². The lowest BCUT2D eigenvalue weighted by atomic mass is 10.1. The second-order valence-electron chi connectivity index (χ2n) is 3.74. The van der Waals surface area contributed by atoms with Crippen molar-refractivity contribution < 1.29 is 0 Å². The Labute approximate surface area is 96.0 Å². The molecule has 0 aliphatic rings. The van der Waals surface area contributed by atoms with Crippen LogP contribution in [0.25, 0.3) is 10.9 Å². The van der Waals surface area contributed by atoms with Gasteiger partial charge in [0.25, 0.3) is 0 Å². The molecule has 2 rings (SSSR count). The molecule has 0 atom stereocenters. The lowest BCUT2D eigenvalue weighted by Gasteiger charge is -2.06. The third-order valence-electron chi connectivity index (χ3n) is 2.58. The minimum absolute atomic E-state index is 0.886. The Morgan fingerprint density at radius 3 is 3.00 bits per heavy atom. The Morgan fingerprint density at radius 2 is 2.12 bits per heavy atom. The molecule has 0 spiro atoms. The van der Waals surface area contributed by atoms with E-state index in [1.54, 1.807) is 0 Å². The van der Waals surface area contributed by atoms with Gasteiger partial charge in [-0.25, -0.2) is 0 Å². The predicted octanol–water partition coefficient (Wildman–Crippen LogP) is 2.90. The van der Waals surface area contributed by atoms with Crippen LogP contribution in [0.4, 0.5) is 0 Å². The standard InChI is InChI=1S/C14H16N2/c1-2-3-9-15-11-12-8-10-16-14-7-5-4-6-13(12)14/h2,4-8,10,15H,1,3,9,11H2. The molecule has 1 aromatic heterocycles. The number of nitrogens with zero attached hydrogens (tertiary/aromatic N) is 1. The largest absolute Gasteiger partial charge is 0.312 e. The van der Waals surface area contributed by atoms with Crippen molar-refractivity contribution in [3.63, 3.8) is 0 Å². The van der Waals surface area contributed by atoms with Crippen LogP contribution in [0.15, 0.2) is 49.2 Å². The molecule has 0 saturated heterocycles. The van der Waals surface area contributed by atoms with Crippen LogP contribution >= 0.6 is 0 Å². The smallest absolute Gasteiger partial charge is 0.0705 e. The van der Waals surface area contributed by atoms with E-state index in [1.165, 1.54) is 10.9 Å². The Kier molecular flexibility index (Phi) is 3.67. The van der Waals surface area contributed by atoms with E-state index in [-0.39, 0.29) is 0 Å². The van der Waals surface area contributed by atoms with E-state index >= 15 is 0 Å². The Balaban J connectivity index is 2.14. The molecule has 0 unspecified atom stereocenters. The lowest BCUT2D eigenvalue weighted by molar-refractivity contribution is 0.698. The molecule has 1 aromatic carbocycles. The highest BCUT2D eigenvalue weighted by atomic mass is 14.8. The highest BCUT2D eigenvalue weighted by molar-refractivity contribution is 5.81. The molecule has 1 heterocycles. The van der Waals surface area contributed by atoms with Crippen LogP contribution in [0.3, 0.4) is 0 Å². The molecule has 0 bridgehead atoms. The van der Waals surface area contributed by atoms with Gasteiger partial charge in [0.15, 0.2) is 0 Å². The van der Waals surface area contributed by atoms with Gasteiger partial charge in [0, 0.05) is 18.1 Å². The van der Waals surface area contributed by atoms with Gasteiger partial charge in [-0.2, -0.15) is 0 Å². The van der Waals surface area contributed by atoms with Crippen LogP contribution in [0.2, 0.25) is 0 Å². The number of rotatable bonds is 5. The average Bonchev–Trinajstić information content (AvgIpc) is 2.35. The zero-order valence-corrected chi connectivity index (χ0v) is 9.32. The van der Waals surface area contributed by atoms with Crippen LogP contribution < -0.4 is 5.32 Å². The van der Waals surface area contributed by atoms with Crippen molar-refractivity contribution >= 4 is 10.9 Å². The summed E-state index contributed by atoms with van der Waals surface area (Å²) in [4.78, 5) is 4.34. The number of para-hydroxylation sites is 1. The average molecular weight is 212 g/mol. The van der Waals surface area contributed by atoms with Gasteiger partial charge in [0.2, 0.25) is 0 Å². The number of nitrogens with one attached hydrogen (secondary N) is 1. The Bertz CT molecular complexity index is 472. The van der Waals surface area contributed by atoms with Gasteiger partial charge in [-0.1, -0.05) is 24.3 Å². The molecule has 1 N–H and O–H groups in total. The Hall–Kier alpha value is -1.67. The van der Waals surface area contributed by atoms with Crippen molar-refractivity contribution in [2.75, 3.05) is 6.54 Å². The van der Waals surface area contributed by atoms with E-state index in [0.717, 1.165) is 25.0 Å². The highest BCUT2D eigenvalue weighted by Crippen LogP contribution is 2.15. The first-order chi connectivity index (χ1) is 7.92. The van der Waals surface area contributed by atoms with Crippen molar-refractivity contribution in [2.45, 2.75) is 13.0 Å². The summed E-state index contributed by atoms with van der Waals surface area (Å²) in [5, 5.41) is 4.63. The van der Waals surface area contributed by atoms with E-state index in [4.69, 9.17) is 0 Å². The monoisotopic (exact) mass is 212 g/mol. The van der Waals surface area contributed by atoms with Crippen molar-refractivity contribution in [3.8, 4) is 0 Å². The molecule has 0 aliphatic heterocycles. The van der Waals surface area contributed by atoms with Gasteiger partial charge >= 0.3 is 0 Å². The summed E-state index contributed by atoms with van der Waals surface area (Å²) < 4.78 is 0. The quantitative estimate of drug-likeness (QED) is 0.609. The number of hydrogen-bond acceptors (Lipinski definition) is 2. The fourth-order valence-electron chi connectivity index (χ4n) is 1.74. The van der Waals surface area contributed by atoms with Crippen LogP contribution in [-0.4, -0.2) is 11.5 Å². The molecule has 2 aromatic rings. The maximum Gasteiger partial charge on any atom is 0.0705 e. The molecule has 16 heavy (non-hydrogen) atoms. The van der Waals surface area contributed by atoms with E-state index in [1.807, 2.05) is 24.4 Å². The lowest BCUT2D eigenvalue weighted by Crippen LogP contribution is -2.14. The van der Waals surface area contributed by atoms with Gasteiger partial charge in [0.05, 0.1) is 5.52 Å². The zero-order valence-electron chi connectivity index (χ0n) is 9.32. The SMILES string of the molecule is C=CCCNCc1ccnc2ccccc12.